The summed E-state index contributed by atoms with van der Waals surface area (Å²) in [6.07, 6.45) is 2.62. The molecule has 2 rings (SSSR count). The molecule has 3 nitrogen and oxygen atoms in total. The van der Waals surface area contributed by atoms with Crippen molar-refractivity contribution >= 4 is 20.7 Å². The Kier molecular flexibility index (Phi) is 2.08. The van der Waals surface area contributed by atoms with Gasteiger partial charge in [-0.25, -0.2) is 12.8 Å². The van der Waals surface area contributed by atoms with Crippen LogP contribution in [-0.4, -0.2) is 19.2 Å². The predicted octanol–water partition coefficient (Wildman–Crippen LogP) is 1.72. The first kappa shape index (κ1) is 10.2. The molecule has 0 saturated carbocycles. The van der Waals surface area contributed by atoms with Crippen LogP contribution in [0.1, 0.15) is 0 Å². The highest BCUT2D eigenvalue weighted by atomic mass is 32.2. The second-order valence-electron chi connectivity index (χ2n) is 3.54. The minimum atomic E-state index is -3.31. The van der Waals surface area contributed by atoms with E-state index in [0.717, 1.165) is 6.26 Å². The van der Waals surface area contributed by atoms with Gasteiger partial charge in [0.2, 0.25) is 0 Å². The zero-order valence-electron chi connectivity index (χ0n) is 8.36. The first-order chi connectivity index (χ1) is 6.89. The molecule has 1 heterocycles. The molecule has 0 spiro atoms. The molecule has 0 saturated heterocycles. The average Bonchev–Trinajstić information content (AvgIpc) is 2.42. The van der Waals surface area contributed by atoms with Crippen LogP contribution >= 0.6 is 0 Å². The van der Waals surface area contributed by atoms with Crippen molar-refractivity contribution in [1.82, 2.24) is 4.57 Å². The number of aryl methyl sites for hydroxylation is 1. The Balaban J connectivity index is 2.94. The first-order valence-electron chi connectivity index (χ1n) is 4.34. The maximum Gasteiger partial charge on any atom is 0.177 e. The minimum absolute atomic E-state index is 0.166. The molecule has 2 aromatic rings. The lowest BCUT2D eigenvalue weighted by Crippen LogP contribution is -1.95. The van der Waals surface area contributed by atoms with Crippen LogP contribution in [-0.2, 0) is 16.9 Å². The number of benzene rings is 1. The molecule has 0 unspecified atom stereocenters. The van der Waals surface area contributed by atoms with Gasteiger partial charge in [-0.3, -0.25) is 0 Å². The standard InChI is InChI=1S/C10H10FNO2S/c1-12-6-10(15(2,13)14)8-5-7(11)3-4-9(8)12/h3-6H,1-2H3. The van der Waals surface area contributed by atoms with Crippen molar-refractivity contribution in [1.29, 1.82) is 0 Å². The number of nitrogens with zero attached hydrogens (tertiary/aromatic N) is 1. The lowest BCUT2D eigenvalue weighted by molar-refractivity contribution is 0.602. The summed E-state index contributed by atoms with van der Waals surface area (Å²) < 4.78 is 37.6. The summed E-state index contributed by atoms with van der Waals surface area (Å²) in [5.41, 5.74) is 0.705. The van der Waals surface area contributed by atoms with Gasteiger partial charge in [-0.05, 0) is 18.2 Å². The Labute approximate surface area is 87.1 Å². The fourth-order valence-electron chi connectivity index (χ4n) is 1.62. The van der Waals surface area contributed by atoms with Gasteiger partial charge in [-0.1, -0.05) is 0 Å². The highest BCUT2D eigenvalue weighted by Crippen LogP contribution is 2.25. The Hall–Kier alpha value is -1.36. The van der Waals surface area contributed by atoms with Gasteiger partial charge >= 0.3 is 0 Å². The summed E-state index contributed by atoms with van der Waals surface area (Å²) >= 11 is 0. The highest BCUT2D eigenvalue weighted by Gasteiger charge is 2.15. The summed E-state index contributed by atoms with van der Waals surface area (Å²) in [4.78, 5) is 0.166. The maximum atomic E-state index is 13.0. The topological polar surface area (TPSA) is 39.1 Å². The van der Waals surface area contributed by atoms with Gasteiger partial charge in [-0.2, -0.15) is 0 Å². The van der Waals surface area contributed by atoms with Gasteiger partial charge in [0, 0.05) is 30.4 Å². The zero-order chi connectivity index (χ0) is 11.2. The molecule has 0 amide bonds. The van der Waals surface area contributed by atoms with Crippen molar-refractivity contribution in [2.45, 2.75) is 4.90 Å². The number of hydrogen-bond donors (Lipinski definition) is 0. The van der Waals surface area contributed by atoms with Crippen LogP contribution in [0.2, 0.25) is 0 Å². The summed E-state index contributed by atoms with van der Waals surface area (Å²) in [6, 6.07) is 4.12. The molecule has 0 aliphatic rings. The molecule has 1 aromatic carbocycles. The zero-order valence-corrected chi connectivity index (χ0v) is 9.18. The Bertz CT molecular complexity index is 628. The van der Waals surface area contributed by atoms with Crippen molar-refractivity contribution in [3.63, 3.8) is 0 Å². The molecule has 0 fully saturated rings. The van der Waals surface area contributed by atoms with E-state index in [2.05, 4.69) is 0 Å². The average molecular weight is 227 g/mol. The van der Waals surface area contributed by atoms with Gasteiger partial charge in [0.15, 0.2) is 9.84 Å². The SMILES string of the molecule is Cn1cc(S(C)(=O)=O)c2cc(F)ccc21. The molecule has 0 N–H and O–H groups in total. The lowest BCUT2D eigenvalue weighted by Gasteiger charge is -1.95. The van der Waals surface area contributed by atoms with Crippen LogP contribution in [0.5, 0.6) is 0 Å². The van der Waals surface area contributed by atoms with Crippen LogP contribution in [0.25, 0.3) is 10.9 Å². The Morgan fingerprint density at radius 2 is 2.00 bits per heavy atom. The molecule has 1 aromatic heterocycles. The monoisotopic (exact) mass is 227 g/mol. The molecular formula is C10H10FNO2S. The third kappa shape index (κ3) is 1.63. The number of sulfone groups is 1. The second-order valence-corrected chi connectivity index (χ2v) is 5.52. The van der Waals surface area contributed by atoms with Gasteiger partial charge in [0.05, 0.1) is 4.90 Å². The van der Waals surface area contributed by atoms with E-state index in [-0.39, 0.29) is 4.90 Å². The number of hydrogen-bond acceptors (Lipinski definition) is 2. The van der Waals surface area contributed by atoms with E-state index in [0.29, 0.717) is 10.9 Å². The van der Waals surface area contributed by atoms with E-state index in [4.69, 9.17) is 0 Å². The maximum absolute atomic E-state index is 13.0. The van der Waals surface area contributed by atoms with Gasteiger partial charge in [0.25, 0.3) is 0 Å². The number of aromatic nitrogens is 1. The first-order valence-corrected chi connectivity index (χ1v) is 6.23. The molecule has 5 heteroatoms. The molecule has 0 atom stereocenters. The van der Waals surface area contributed by atoms with E-state index in [1.807, 2.05) is 0 Å². The van der Waals surface area contributed by atoms with Gasteiger partial charge < -0.3 is 4.57 Å². The summed E-state index contributed by atoms with van der Waals surface area (Å²) in [5, 5.41) is 0.431. The molecule has 15 heavy (non-hydrogen) atoms. The number of rotatable bonds is 1. The van der Waals surface area contributed by atoms with E-state index in [1.54, 1.807) is 17.7 Å². The van der Waals surface area contributed by atoms with Gasteiger partial charge in [-0.15, -0.1) is 0 Å². The molecule has 80 valence electrons. The second kappa shape index (κ2) is 3.06. The smallest absolute Gasteiger partial charge is 0.177 e. The Morgan fingerprint density at radius 3 is 2.60 bits per heavy atom. The van der Waals surface area contributed by atoms with Crippen molar-refractivity contribution in [3.8, 4) is 0 Å². The van der Waals surface area contributed by atoms with E-state index >= 15 is 0 Å². The van der Waals surface area contributed by atoms with Crippen molar-refractivity contribution < 1.29 is 12.8 Å². The summed E-state index contributed by atoms with van der Waals surface area (Å²) in [6.45, 7) is 0. The fourth-order valence-corrected chi connectivity index (χ4v) is 2.54. The van der Waals surface area contributed by atoms with Crippen LogP contribution in [0, 0.1) is 5.82 Å². The number of fused-ring (bicyclic) bond motifs is 1. The van der Waals surface area contributed by atoms with Crippen molar-refractivity contribution in [3.05, 3.63) is 30.2 Å². The predicted molar refractivity (Wildman–Crippen MR) is 56.0 cm³/mol. The Morgan fingerprint density at radius 1 is 1.33 bits per heavy atom. The molecule has 0 bridgehead atoms. The highest BCUT2D eigenvalue weighted by molar-refractivity contribution is 7.91. The van der Waals surface area contributed by atoms with Crippen LogP contribution in [0.4, 0.5) is 4.39 Å². The van der Waals surface area contributed by atoms with E-state index in [1.165, 1.54) is 18.3 Å². The molecular weight excluding hydrogens is 217 g/mol. The molecule has 0 aliphatic heterocycles. The van der Waals surface area contributed by atoms with Crippen molar-refractivity contribution in [2.75, 3.05) is 6.26 Å². The third-order valence-corrected chi connectivity index (χ3v) is 3.44. The third-order valence-electron chi connectivity index (χ3n) is 2.31. The van der Waals surface area contributed by atoms with Crippen LogP contribution in [0.3, 0.4) is 0 Å². The largest absolute Gasteiger partial charge is 0.349 e. The van der Waals surface area contributed by atoms with E-state index < -0.39 is 15.7 Å². The normalized spacial score (nSPS) is 12.2. The quantitative estimate of drug-likeness (QED) is 0.744. The lowest BCUT2D eigenvalue weighted by atomic mass is 10.2. The molecule has 0 radical (unpaired) electrons. The fraction of sp³-hybridized carbons (Fsp3) is 0.200. The minimum Gasteiger partial charge on any atom is -0.349 e. The summed E-state index contributed by atoms with van der Waals surface area (Å²) in [5.74, 6) is -0.432. The van der Waals surface area contributed by atoms with E-state index in [9.17, 15) is 12.8 Å². The van der Waals surface area contributed by atoms with Crippen molar-refractivity contribution in [2.24, 2.45) is 7.05 Å². The summed E-state index contributed by atoms with van der Waals surface area (Å²) in [7, 11) is -1.58. The van der Waals surface area contributed by atoms with Gasteiger partial charge in [0.1, 0.15) is 5.82 Å². The van der Waals surface area contributed by atoms with Crippen LogP contribution in [0.15, 0.2) is 29.3 Å². The molecule has 0 aliphatic carbocycles. The van der Waals surface area contributed by atoms with Crippen LogP contribution < -0.4 is 0 Å². The number of halogens is 1.